The molecule has 1 N–H and O–H groups in total. The fraction of sp³-hybridized carbons (Fsp3) is 0.727. The van der Waals surface area contributed by atoms with E-state index >= 15 is 0 Å². The van der Waals surface area contributed by atoms with Crippen molar-refractivity contribution in [3.05, 3.63) is 12.2 Å². The van der Waals surface area contributed by atoms with Crippen LogP contribution in [0.25, 0.3) is 0 Å². The first-order chi connectivity index (χ1) is 6.16. The van der Waals surface area contributed by atoms with Crippen molar-refractivity contribution >= 4 is 5.97 Å². The molecule has 0 aromatic heterocycles. The predicted octanol–water partition coefficient (Wildman–Crippen LogP) is 3.23. The zero-order chi connectivity index (χ0) is 10.1. The second-order valence-corrected chi connectivity index (χ2v) is 3.50. The molecule has 1 atom stereocenters. The summed E-state index contributed by atoms with van der Waals surface area (Å²) in [5, 5.41) is 8.49. The molecule has 0 fully saturated rings. The number of allylic oxidation sites excluding steroid dienone is 2. The van der Waals surface area contributed by atoms with Crippen LogP contribution in [0.1, 0.15) is 46.0 Å². The SMILES string of the molecule is CCCCCC=CC(C)CC(=O)O. The van der Waals surface area contributed by atoms with Crippen molar-refractivity contribution in [3.8, 4) is 0 Å². The molecule has 0 saturated carbocycles. The normalized spacial score (nSPS) is 13.4. The summed E-state index contributed by atoms with van der Waals surface area (Å²) in [4.78, 5) is 10.3. The van der Waals surface area contributed by atoms with Gasteiger partial charge >= 0.3 is 5.97 Å². The minimum atomic E-state index is -0.717. The fourth-order valence-corrected chi connectivity index (χ4v) is 1.18. The fourth-order valence-electron chi connectivity index (χ4n) is 1.18. The lowest BCUT2D eigenvalue weighted by atomic mass is 10.1. The van der Waals surface area contributed by atoms with Crippen molar-refractivity contribution in [2.75, 3.05) is 0 Å². The average molecular weight is 184 g/mol. The molecular weight excluding hydrogens is 164 g/mol. The van der Waals surface area contributed by atoms with Gasteiger partial charge in [0.2, 0.25) is 0 Å². The van der Waals surface area contributed by atoms with Crippen molar-refractivity contribution in [3.63, 3.8) is 0 Å². The van der Waals surface area contributed by atoms with Gasteiger partial charge in [0.25, 0.3) is 0 Å². The number of rotatable bonds is 7. The molecular formula is C11H20O2. The Balaban J connectivity index is 3.41. The lowest BCUT2D eigenvalue weighted by molar-refractivity contribution is -0.137. The van der Waals surface area contributed by atoms with E-state index in [0.717, 1.165) is 6.42 Å². The van der Waals surface area contributed by atoms with E-state index in [4.69, 9.17) is 5.11 Å². The van der Waals surface area contributed by atoms with E-state index in [1.807, 2.05) is 13.0 Å². The molecule has 2 heteroatoms. The molecule has 76 valence electrons. The van der Waals surface area contributed by atoms with Gasteiger partial charge in [0.05, 0.1) is 6.42 Å². The number of aliphatic carboxylic acids is 1. The van der Waals surface area contributed by atoms with Crippen molar-refractivity contribution in [2.24, 2.45) is 5.92 Å². The Morgan fingerprint density at radius 1 is 1.46 bits per heavy atom. The molecule has 13 heavy (non-hydrogen) atoms. The van der Waals surface area contributed by atoms with Crippen molar-refractivity contribution in [2.45, 2.75) is 46.0 Å². The Kier molecular flexibility index (Phi) is 7.36. The molecule has 0 saturated heterocycles. The summed E-state index contributed by atoms with van der Waals surface area (Å²) in [6.45, 7) is 4.11. The Labute approximate surface area is 80.7 Å². The highest BCUT2D eigenvalue weighted by Gasteiger charge is 2.02. The molecule has 0 aliphatic heterocycles. The molecule has 0 aliphatic rings. The van der Waals surface area contributed by atoms with Crippen LogP contribution in [0.15, 0.2) is 12.2 Å². The van der Waals surface area contributed by atoms with E-state index in [1.54, 1.807) is 0 Å². The molecule has 0 aromatic rings. The maximum absolute atomic E-state index is 10.3. The van der Waals surface area contributed by atoms with E-state index in [9.17, 15) is 4.79 Å². The third kappa shape index (κ3) is 9.12. The molecule has 0 radical (unpaired) electrons. The number of carboxylic acids is 1. The minimum absolute atomic E-state index is 0.166. The number of unbranched alkanes of at least 4 members (excludes halogenated alkanes) is 3. The Morgan fingerprint density at radius 3 is 2.69 bits per heavy atom. The Hall–Kier alpha value is -0.790. The summed E-state index contributed by atoms with van der Waals surface area (Å²) in [6, 6.07) is 0. The second kappa shape index (κ2) is 7.84. The molecule has 0 bridgehead atoms. The van der Waals surface area contributed by atoms with Crippen molar-refractivity contribution < 1.29 is 9.90 Å². The maximum atomic E-state index is 10.3. The van der Waals surface area contributed by atoms with Crippen LogP contribution < -0.4 is 0 Å². The van der Waals surface area contributed by atoms with Gasteiger partial charge in [-0.15, -0.1) is 0 Å². The van der Waals surface area contributed by atoms with Crippen LogP contribution in [0.4, 0.5) is 0 Å². The van der Waals surface area contributed by atoms with Crippen LogP contribution in [0.5, 0.6) is 0 Å². The summed E-state index contributed by atoms with van der Waals surface area (Å²) in [6.07, 6.45) is 9.14. The highest BCUT2D eigenvalue weighted by Crippen LogP contribution is 2.06. The topological polar surface area (TPSA) is 37.3 Å². The maximum Gasteiger partial charge on any atom is 0.303 e. The van der Waals surface area contributed by atoms with Gasteiger partial charge in [0, 0.05) is 0 Å². The molecule has 0 aliphatic carbocycles. The monoisotopic (exact) mass is 184 g/mol. The van der Waals surface area contributed by atoms with E-state index in [1.165, 1.54) is 19.3 Å². The molecule has 1 unspecified atom stereocenters. The van der Waals surface area contributed by atoms with E-state index in [2.05, 4.69) is 13.0 Å². The Bertz CT molecular complexity index is 161. The second-order valence-electron chi connectivity index (χ2n) is 3.50. The van der Waals surface area contributed by atoms with Crippen LogP contribution in [0, 0.1) is 5.92 Å². The molecule has 0 aromatic carbocycles. The van der Waals surface area contributed by atoms with Gasteiger partial charge in [-0.3, -0.25) is 4.79 Å². The summed E-state index contributed by atoms with van der Waals surface area (Å²) in [7, 11) is 0. The lowest BCUT2D eigenvalue weighted by Crippen LogP contribution is -2.00. The largest absolute Gasteiger partial charge is 0.481 e. The lowest BCUT2D eigenvalue weighted by Gasteiger charge is -2.00. The summed E-state index contributed by atoms with van der Waals surface area (Å²) in [5.41, 5.74) is 0. The molecule has 0 heterocycles. The highest BCUT2D eigenvalue weighted by molar-refractivity contribution is 5.67. The molecule has 0 amide bonds. The van der Waals surface area contributed by atoms with Crippen LogP contribution in [0.3, 0.4) is 0 Å². The molecule has 2 nitrogen and oxygen atoms in total. The standard InChI is InChI=1S/C11H20O2/c1-3-4-5-6-7-8-10(2)9-11(12)13/h7-8,10H,3-6,9H2,1-2H3,(H,12,13). The summed E-state index contributed by atoms with van der Waals surface area (Å²) < 4.78 is 0. The van der Waals surface area contributed by atoms with Gasteiger partial charge in [0.1, 0.15) is 0 Å². The number of carboxylic acid groups (broad SMARTS) is 1. The van der Waals surface area contributed by atoms with Gasteiger partial charge in [-0.2, -0.15) is 0 Å². The first-order valence-corrected chi connectivity index (χ1v) is 5.05. The quantitative estimate of drug-likeness (QED) is 0.487. The highest BCUT2D eigenvalue weighted by atomic mass is 16.4. The third-order valence-corrected chi connectivity index (χ3v) is 1.94. The van der Waals surface area contributed by atoms with E-state index in [0.29, 0.717) is 0 Å². The van der Waals surface area contributed by atoms with Gasteiger partial charge in [-0.1, -0.05) is 38.8 Å². The predicted molar refractivity (Wildman–Crippen MR) is 54.7 cm³/mol. The van der Waals surface area contributed by atoms with Crippen molar-refractivity contribution in [1.82, 2.24) is 0 Å². The smallest absolute Gasteiger partial charge is 0.303 e. The van der Waals surface area contributed by atoms with E-state index in [-0.39, 0.29) is 12.3 Å². The van der Waals surface area contributed by atoms with Crippen molar-refractivity contribution in [1.29, 1.82) is 0 Å². The van der Waals surface area contributed by atoms with Crippen LogP contribution >= 0.6 is 0 Å². The Morgan fingerprint density at radius 2 is 2.15 bits per heavy atom. The van der Waals surface area contributed by atoms with Gasteiger partial charge < -0.3 is 5.11 Å². The summed E-state index contributed by atoms with van der Waals surface area (Å²) >= 11 is 0. The van der Waals surface area contributed by atoms with Gasteiger partial charge in [-0.25, -0.2) is 0 Å². The minimum Gasteiger partial charge on any atom is -0.481 e. The van der Waals surface area contributed by atoms with Gasteiger partial charge in [-0.05, 0) is 18.8 Å². The molecule has 0 rings (SSSR count). The van der Waals surface area contributed by atoms with E-state index < -0.39 is 5.97 Å². The van der Waals surface area contributed by atoms with Crippen LogP contribution in [-0.2, 0) is 4.79 Å². The van der Waals surface area contributed by atoms with Crippen LogP contribution in [0.2, 0.25) is 0 Å². The average Bonchev–Trinajstić information content (AvgIpc) is 2.02. The summed E-state index contributed by atoms with van der Waals surface area (Å²) in [5.74, 6) is -0.551. The van der Waals surface area contributed by atoms with Gasteiger partial charge in [0.15, 0.2) is 0 Å². The number of carbonyl (C=O) groups is 1. The number of hydrogen-bond donors (Lipinski definition) is 1. The first kappa shape index (κ1) is 12.2. The number of hydrogen-bond acceptors (Lipinski definition) is 1. The zero-order valence-corrected chi connectivity index (χ0v) is 8.62. The molecule has 0 spiro atoms. The zero-order valence-electron chi connectivity index (χ0n) is 8.62. The first-order valence-electron chi connectivity index (χ1n) is 5.05. The third-order valence-electron chi connectivity index (χ3n) is 1.94. The van der Waals surface area contributed by atoms with Crippen LogP contribution in [-0.4, -0.2) is 11.1 Å².